The zero-order valence-electron chi connectivity index (χ0n) is 9.22. The molecule has 0 aliphatic carbocycles. The van der Waals surface area contributed by atoms with E-state index in [1.165, 1.54) is 18.0 Å². The second-order valence-corrected chi connectivity index (χ2v) is 5.11. The Labute approximate surface area is 95.3 Å². The van der Waals surface area contributed by atoms with Crippen LogP contribution in [0.3, 0.4) is 0 Å². The number of likely N-dealkylation sites (tertiary alicyclic amines) is 1. The van der Waals surface area contributed by atoms with Gasteiger partial charge in [-0.2, -0.15) is 0 Å². The summed E-state index contributed by atoms with van der Waals surface area (Å²) in [6.07, 6.45) is 4.29. The van der Waals surface area contributed by atoms with Crippen LogP contribution in [0.1, 0.15) is 30.8 Å². The lowest BCUT2D eigenvalue weighted by Gasteiger charge is -2.24. The van der Waals surface area contributed by atoms with Crippen LogP contribution in [0.25, 0.3) is 0 Å². The Balaban J connectivity index is 2.02. The first kappa shape index (κ1) is 11.0. The first-order valence-electron chi connectivity index (χ1n) is 5.68. The summed E-state index contributed by atoms with van der Waals surface area (Å²) in [5.74, 6) is 0.694. The van der Waals surface area contributed by atoms with Crippen molar-refractivity contribution in [3.63, 3.8) is 0 Å². The standard InChI is InChI=1S/C11H19N3S/c1-2-10(11-13-4-6-15-11)14-5-3-9(7-12)8-14/h4,6,9-10H,2-3,5,7-8,12H2,1H3. The van der Waals surface area contributed by atoms with E-state index < -0.39 is 0 Å². The number of hydrogen-bond donors (Lipinski definition) is 1. The zero-order chi connectivity index (χ0) is 10.7. The second kappa shape index (κ2) is 5.05. The molecule has 2 unspecified atom stereocenters. The summed E-state index contributed by atoms with van der Waals surface area (Å²) in [5.41, 5.74) is 5.72. The zero-order valence-corrected chi connectivity index (χ0v) is 10.0. The molecule has 1 aromatic rings. The maximum Gasteiger partial charge on any atom is 0.110 e. The Morgan fingerprint density at radius 2 is 2.60 bits per heavy atom. The molecule has 1 aliphatic rings. The third kappa shape index (κ3) is 2.38. The highest BCUT2D eigenvalue weighted by Crippen LogP contribution is 2.30. The van der Waals surface area contributed by atoms with Crippen LogP contribution < -0.4 is 5.73 Å². The molecule has 1 saturated heterocycles. The van der Waals surface area contributed by atoms with Gasteiger partial charge in [0, 0.05) is 18.1 Å². The summed E-state index contributed by atoms with van der Waals surface area (Å²) in [6.45, 7) is 5.39. The van der Waals surface area contributed by atoms with E-state index in [-0.39, 0.29) is 0 Å². The Bertz CT molecular complexity index is 286. The van der Waals surface area contributed by atoms with Crippen molar-refractivity contribution in [2.45, 2.75) is 25.8 Å². The number of hydrogen-bond acceptors (Lipinski definition) is 4. The largest absolute Gasteiger partial charge is 0.330 e. The maximum absolute atomic E-state index is 5.72. The maximum atomic E-state index is 5.72. The normalized spacial score (nSPS) is 24.5. The molecule has 2 heterocycles. The van der Waals surface area contributed by atoms with E-state index in [2.05, 4.69) is 22.2 Å². The molecule has 3 nitrogen and oxygen atoms in total. The second-order valence-electron chi connectivity index (χ2n) is 4.18. The third-order valence-corrected chi connectivity index (χ3v) is 4.09. The predicted octanol–water partition coefficient (Wildman–Crippen LogP) is 1.87. The molecular formula is C11H19N3S. The fourth-order valence-corrected chi connectivity index (χ4v) is 3.18. The van der Waals surface area contributed by atoms with Crippen LogP contribution in [0.15, 0.2) is 11.6 Å². The Hall–Kier alpha value is -0.450. The number of aromatic nitrogens is 1. The van der Waals surface area contributed by atoms with E-state index in [1.54, 1.807) is 11.3 Å². The van der Waals surface area contributed by atoms with Gasteiger partial charge in [0.25, 0.3) is 0 Å². The van der Waals surface area contributed by atoms with Gasteiger partial charge in [0.2, 0.25) is 0 Å². The van der Waals surface area contributed by atoms with E-state index in [1.807, 2.05) is 6.20 Å². The van der Waals surface area contributed by atoms with Crippen molar-refractivity contribution in [2.24, 2.45) is 11.7 Å². The van der Waals surface area contributed by atoms with Crippen LogP contribution in [0.2, 0.25) is 0 Å². The molecule has 0 aromatic carbocycles. The summed E-state index contributed by atoms with van der Waals surface area (Å²) < 4.78 is 0. The molecule has 1 aromatic heterocycles. The summed E-state index contributed by atoms with van der Waals surface area (Å²) in [5, 5.41) is 3.32. The Kier molecular flexibility index (Phi) is 3.72. The van der Waals surface area contributed by atoms with Gasteiger partial charge in [-0.3, -0.25) is 4.90 Å². The van der Waals surface area contributed by atoms with E-state index in [9.17, 15) is 0 Å². The molecule has 0 bridgehead atoms. The monoisotopic (exact) mass is 225 g/mol. The van der Waals surface area contributed by atoms with Gasteiger partial charge in [0.15, 0.2) is 0 Å². The van der Waals surface area contributed by atoms with Crippen molar-refractivity contribution in [3.05, 3.63) is 16.6 Å². The molecule has 0 saturated carbocycles. The molecule has 2 rings (SSSR count). The average Bonchev–Trinajstić information content (AvgIpc) is 2.89. The quantitative estimate of drug-likeness (QED) is 0.850. The number of thiazole rings is 1. The minimum Gasteiger partial charge on any atom is -0.330 e. The first-order valence-corrected chi connectivity index (χ1v) is 6.56. The van der Waals surface area contributed by atoms with Gasteiger partial charge in [-0.1, -0.05) is 6.92 Å². The molecule has 1 fully saturated rings. The van der Waals surface area contributed by atoms with Crippen LogP contribution >= 0.6 is 11.3 Å². The van der Waals surface area contributed by atoms with E-state index >= 15 is 0 Å². The number of nitrogens with zero attached hydrogens (tertiary/aromatic N) is 2. The van der Waals surface area contributed by atoms with Crippen LogP contribution in [-0.2, 0) is 0 Å². The predicted molar refractivity (Wildman–Crippen MR) is 63.9 cm³/mol. The number of rotatable bonds is 4. The molecule has 2 N–H and O–H groups in total. The topological polar surface area (TPSA) is 42.2 Å². The van der Waals surface area contributed by atoms with Gasteiger partial charge in [-0.05, 0) is 31.8 Å². The Morgan fingerprint density at radius 3 is 3.13 bits per heavy atom. The van der Waals surface area contributed by atoms with Gasteiger partial charge in [-0.25, -0.2) is 4.98 Å². The highest BCUT2D eigenvalue weighted by molar-refractivity contribution is 7.09. The average molecular weight is 225 g/mol. The lowest BCUT2D eigenvalue weighted by Crippen LogP contribution is -2.27. The lowest BCUT2D eigenvalue weighted by atomic mass is 10.1. The van der Waals surface area contributed by atoms with Gasteiger partial charge < -0.3 is 5.73 Å². The van der Waals surface area contributed by atoms with Crippen molar-refractivity contribution in [1.82, 2.24) is 9.88 Å². The van der Waals surface area contributed by atoms with Crippen LogP contribution in [0.4, 0.5) is 0 Å². The first-order chi connectivity index (χ1) is 7.35. The molecule has 0 amide bonds. The molecule has 4 heteroatoms. The summed E-state index contributed by atoms with van der Waals surface area (Å²) in [7, 11) is 0. The summed E-state index contributed by atoms with van der Waals surface area (Å²) in [6, 6.07) is 0.515. The minimum absolute atomic E-state index is 0.515. The van der Waals surface area contributed by atoms with E-state index in [4.69, 9.17) is 5.73 Å². The van der Waals surface area contributed by atoms with E-state index in [0.29, 0.717) is 12.0 Å². The highest BCUT2D eigenvalue weighted by atomic mass is 32.1. The molecular weight excluding hydrogens is 206 g/mol. The fraction of sp³-hybridized carbons (Fsp3) is 0.727. The lowest BCUT2D eigenvalue weighted by molar-refractivity contribution is 0.230. The number of nitrogens with two attached hydrogens (primary N) is 1. The molecule has 0 radical (unpaired) electrons. The fourth-order valence-electron chi connectivity index (χ4n) is 2.33. The molecule has 0 spiro atoms. The van der Waals surface area contributed by atoms with Gasteiger partial charge in [0.05, 0.1) is 6.04 Å². The molecule has 84 valence electrons. The van der Waals surface area contributed by atoms with Gasteiger partial charge in [-0.15, -0.1) is 11.3 Å². The van der Waals surface area contributed by atoms with Crippen molar-refractivity contribution < 1.29 is 0 Å². The SMILES string of the molecule is CCC(c1nccs1)N1CCC(CN)C1. The van der Waals surface area contributed by atoms with Crippen molar-refractivity contribution in [1.29, 1.82) is 0 Å². The third-order valence-electron chi connectivity index (χ3n) is 3.21. The van der Waals surface area contributed by atoms with Crippen LogP contribution in [0, 0.1) is 5.92 Å². The van der Waals surface area contributed by atoms with Crippen molar-refractivity contribution in [2.75, 3.05) is 19.6 Å². The summed E-state index contributed by atoms with van der Waals surface area (Å²) >= 11 is 1.77. The summed E-state index contributed by atoms with van der Waals surface area (Å²) in [4.78, 5) is 6.97. The highest BCUT2D eigenvalue weighted by Gasteiger charge is 2.28. The molecule has 1 aliphatic heterocycles. The van der Waals surface area contributed by atoms with Gasteiger partial charge >= 0.3 is 0 Å². The van der Waals surface area contributed by atoms with E-state index in [0.717, 1.165) is 19.5 Å². The molecule has 2 atom stereocenters. The minimum atomic E-state index is 0.515. The van der Waals surface area contributed by atoms with Gasteiger partial charge in [0.1, 0.15) is 5.01 Å². The molecule has 15 heavy (non-hydrogen) atoms. The van der Waals surface area contributed by atoms with Crippen molar-refractivity contribution in [3.8, 4) is 0 Å². The van der Waals surface area contributed by atoms with Crippen LogP contribution in [0.5, 0.6) is 0 Å². The van der Waals surface area contributed by atoms with Crippen LogP contribution in [-0.4, -0.2) is 29.5 Å². The smallest absolute Gasteiger partial charge is 0.110 e. The van der Waals surface area contributed by atoms with Crippen molar-refractivity contribution >= 4 is 11.3 Å². The Morgan fingerprint density at radius 1 is 1.73 bits per heavy atom.